The van der Waals surface area contributed by atoms with Crippen molar-refractivity contribution in [3.63, 3.8) is 0 Å². The van der Waals surface area contributed by atoms with Gasteiger partial charge in [-0.15, -0.1) is 0 Å². The predicted octanol–water partition coefficient (Wildman–Crippen LogP) is 5.11. The Kier molecular flexibility index (Phi) is 5.19. The second-order valence-corrected chi connectivity index (χ2v) is 5.38. The maximum atomic E-state index is 8.94. The first-order valence-electron chi connectivity index (χ1n) is 5.89. The number of ether oxygens (including phenoxy) is 2. The third-order valence-corrected chi connectivity index (χ3v) is 3.51. The van der Waals surface area contributed by atoms with Gasteiger partial charge in [-0.05, 0) is 29.8 Å². The van der Waals surface area contributed by atoms with Crippen molar-refractivity contribution in [2.75, 3.05) is 7.11 Å². The van der Waals surface area contributed by atoms with Gasteiger partial charge in [-0.2, -0.15) is 5.26 Å². The Morgan fingerprint density at radius 1 is 1.10 bits per heavy atom. The van der Waals surface area contributed by atoms with Crippen molar-refractivity contribution in [1.82, 2.24) is 0 Å². The zero-order valence-corrected chi connectivity index (χ0v) is 13.3. The lowest BCUT2D eigenvalue weighted by Gasteiger charge is -2.11. The molecule has 0 N–H and O–H groups in total. The molecule has 0 saturated carbocycles. The third-order valence-electron chi connectivity index (χ3n) is 2.73. The monoisotopic (exact) mass is 341 g/mol. The summed E-state index contributed by atoms with van der Waals surface area (Å²) in [6.45, 7) is 0.239. The molecule has 21 heavy (non-hydrogen) atoms. The average molecular weight is 343 g/mol. The Labute approximate surface area is 137 Å². The van der Waals surface area contributed by atoms with Crippen molar-refractivity contribution in [2.45, 2.75) is 6.61 Å². The van der Waals surface area contributed by atoms with Crippen molar-refractivity contribution >= 4 is 34.8 Å². The first-order chi connectivity index (χ1) is 10.0. The molecule has 0 aliphatic rings. The van der Waals surface area contributed by atoms with Crippen molar-refractivity contribution in [3.05, 3.63) is 56.5 Å². The van der Waals surface area contributed by atoms with Crippen LogP contribution in [-0.2, 0) is 6.61 Å². The highest BCUT2D eigenvalue weighted by atomic mass is 35.5. The summed E-state index contributed by atoms with van der Waals surface area (Å²) in [6.07, 6.45) is 0. The van der Waals surface area contributed by atoms with E-state index in [0.29, 0.717) is 32.1 Å². The molecule has 0 fully saturated rings. The Bertz CT molecular complexity index is 688. The highest BCUT2D eigenvalue weighted by Crippen LogP contribution is 2.36. The number of nitrogens with zero attached hydrogens (tertiary/aromatic N) is 1. The summed E-state index contributed by atoms with van der Waals surface area (Å²) in [7, 11) is 1.51. The highest BCUT2D eigenvalue weighted by molar-refractivity contribution is 6.40. The lowest BCUT2D eigenvalue weighted by atomic mass is 10.1. The van der Waals surface area contributed by atoms with Gasteiger partial charge in [0.15, 0.2) is 5.75 Å². The van der Waals surface area contributed by atoms with Crippen LogP contribution < -0.4 is 9.47 Å². The minimum atomic E-state index is 0.239. The Hall–Kier alpha value is -1.60. The molecule has 0 atom stereocenters. The highest BCUT2D eigenvalue weighted by Gasteiger charge is 2.10. The molecule has 0 aliphatic carbocycles. The van der Waals surface area contributed by atoms with E-state index in [2.05, 4.69) is 0 Å². The van der Waals surface area contributed by atoms with Crippen LogP contribution in [0.15, 0.2) is 30.3 Å². The molecule has 0 saturated heterocycles. The molecule has 2 aromatic rings. The number of hydrogen-bond donors (Lipinski definition) is 0. The standard InChI is InChI=1S/C15H10Cl3NO2/c1-20-14-4-9(2-3-10(14)7-19)8-21-15-12(17)5-11(16)6-13(15)18/h2-6H,8H2,1H3. The molecule has 0 amide bonds. The van der Waals surface area contributed by atoms with Gasteiger partial charge in [0.2, 0.25) is 0 Å². The van der Waals surface area contributed by atoms with Crippen LogP contribution in [0.3, 0.4) is 0 Å². The number of nitriles is 1. The van der Waals surface area contributed by atoms with E-state index in [0.717, 1.165) is 5.56 Å². The number of rotatable bonds is 4. The van der Waals surface area contributed by atoms with Crippen molar-refractivity contribution in [2.24, 2.45) is 0 Å². The Balaban J connectivity index is 2.19. The molecule has 0 aliphatic heterocycles. The molecule has 6 heteroatoms. The van der Waals surface area contributed by atoms with Crippen LogP contribution in [0.2, 0.25) is 15.1 Å². The molecular formula is C15H10Cl3NO2. The summed E-state index contributed by atoms with van der Waals surface area (Å²) < 4.78 is 10.8. The van der Waals surface area contributed by atoms with Crippen LogP contribution in [-0.4, -0.2) is 7.11 Å². The van der Waals surface area contributed by atoms with Crippen molar-refractivity contribution in [1.29, 1.82) is 5.26 Å². The molecule has 2 rings (SSSR count). The molecule has 0 heterocycles. The minimum absolute atomic E-state index is 0.239. The number of methoxy groups -OCH3 is 1. The van der Waals surface area contributed by atoms with Gasteiger partial charge in [0, 0.05) is 5.02 Å². The van der Waals surface area contributed by atoms with Gasteiger partial charge in [-0.3, -0.25) is 0 Å². The van der Waals surface area contributed by atoms with Crippen molar-refractivity contribution in [3.8, 4) is 17.6 Å². The molecular weight excluding hydrogens is 333 g/mol. The minimum Gasteiger partial charge on any atom is -0.495 e. The van der Waals surface area contributed by atoms with E-state index in [-0.39, 0.29) is 6.61 Å². The molecule has 0 bridgehead atoms. The van der Waals surface area contributed by atoms with Crippen LogP contribution in [0.25, 0.3) is 0 Å². The van der Waals surface area contributed by atoms with Gasteiger partial charge in [0.1, 0.15) is 18.4 Å². The maximum absolute atomic E-state index is 8.94. The Morgan fingerprint density at radius 2 is 1.76 bits per heavy atom. The van der Waals surface area contributed by atoms with Crippen LogP contribution >= 0.6 is 34.8 Å². The quantitative estimate of drug-likeness (QED) is 0.775. The van der Waals surface area contributed by atoms with Crippen molar-refractivity contribution < 1.29 is 9.47 Å². The number of halogens is 3. The third kappa shape index (κ3) is 3.74. The van der Waals surface area contributed by atoms with Gasteiger partial charge < -0.3 is 9.47 Å². The summed E-state index contributed by atoms with van der Waals surface area (Å²) in [5, 5.41) is 10.1. The van der Waals surface area contributed by atoms with E-state index in [1.807, 2.05) is 6.07 Å². The summed E-state index contributed by atoms with van der Waals surface area (Å²) >= 11 is 17.9. The second-order valence-electron chi connectivity index (χ2n) is 4.13. The van der Waals surface area contributed by atoms with E-state index < -0.39 is 0 Å². The van der Waals surface area contributed by atoms with E-state index in [4.69, 9.17) is 49.5 Å². The van der Waals surface area contributed by atoms with Crippen LogP contribution in [0, 0.1) is 11.3 Å². The van der Waals surface area contributed by atoms with Gasteiger partial charge in [0.05, 0.1) is 22.7 Å². The Morgan fingerprint density at radius 3 is 2.33 bits per heavy atom. The fourth-order valence-electron chi connectivity index (χ4n) is 1.74. The van der Waals surface area contributed by atoms with Gasteiger partial charge >= 0.3 is 0 Å². The van der Waals surface area contributed by atoms with E-state index >= 15 is 0 Å². The van der Waals surface area contributed by atoms with Crippen LogP contribution in [0.1, 0.15) is 11.1 Å². The number of benzene rings is 2. The number of hydrogen-bond acceptors (Lipinski definition) is 3. The van der Waals surface area contributed by atoms with Crippen LogP contribution in [0.5, 0.6) is 11.5 Å². The lowest BCUT2D eigenvalue weighted by Crippen LogP contribution is -1.98. The first kappa shape index (κ1) is 15.8. The molecule has 2 aromatic carbocycles. The molecule has 0 radical (unpaired) electrons. The lowest BCUT2D eigenvalue weighted by molar-refractivity contribution is 0.305. The maximum Gasteiger partial charge on any atom is 0.157 e. The summed E-state index contributed by atoms with van der Waals surface area (Å²) in [4.78, 5) is 0. The second kappa shape index (κ2) is 6.91. The predicted molar refractivity (Wildman–Crippen MR) is 83.5 cm³/mol. The molecule has 0 unspecified atom stereocenters. The summed E-state index contributed by atoms with van der Waals surface area (Å²) in [5.74, 6) is 0.859. The van der Waals surface area contributed by atoms with Gasteiger partial charge in [-0.1, -0.05) is 40.9 Å². The van der Waals surface area contributed by atoms with E-state index in [9.17, 15) is 0 Å². The molecule has 3 nitrogen and oxygen atoms in total. The topological polar surface area (TPSA) is 42.2 Å². The smallest absolute Gasteiger partial charge is 0.157 e. The van der Waals surface area contributed by atoms with Gasteiger partial charge in [0.25, 0.3) is 0 Å². The first-order valence-corrected chi connectivity index (χ1v) is 7.03. The molecule has 0 aromatic heterocycles. The largest absolute Gasteiger partial charge is 0.495 e. The van der Waals surface area contributed by atoms with Crippen LogP contribution in [0.4, 0.5) is 0 Å². The summed E-state index contributed by atoms with van der Waals surface area (Å²) in [6, 6.07) is 10.3. The van der Waals surface area contributed by atoms with Gasteiger partial charge in [-0.25, -0.2) is 0 Å². The zero-order valence-electron chi connectivity index (χ0n) is 11.0. The van der Waals surface area contributed by atoms with E-state index in [1.165, 1.54) is 7.11 Å². The van der Waals surface area contributed by atoms with E-state index in [1.54, 1.807) is 30.3 Å². The molecule has 0 spiro atoms. The average Bonchev–Trinajstić information content (AvgIpc) is 2.45. The fraction of sp³-hybridized carbons (Fsp3) is 0.133. The molecule has 108 valence electrons. The summed E-state index contributed by atoms with van der Waals surface area (Å²) in [5.41, 5.74) is 1.29. The zero-order chi connectivity index (χ0) is 15.4. The normalized spacial score (nSPS) is 10.0. The fourth-order valence-corrected chi connectivity index (χ4v) is 2.67. The SMILES string of the molecule is COc1cc(COc2c(Cl)cc(Cl)cc2Cl)ccc1C#N.